The number of nitrogens with one attached hydrogen (secondary N) is 2. The number of carbonyl (C=O) groups excluding carboxylic acids is 2. The summed E-state index contributed by atoms with van der Waals surface area (Å²) in [6.07, 6.45) is 2.90. The maximum absolute atomic E-state index is 12.9. The number of rotatable bonds is 5. The van der Waals surface area contributed by atoms with Crippen LogP contribution in [0.1, 0.15) is 18.5 Å². The van der Waals surface area contributed by atoms with E-state index in [2.05, 4.69) is 15.7 Å². The number of benzene rings is 1. The minimum Gasteiger partial charge on any atom is -0.368 e. The van der Waals surface area contributed by atoms with Crippen molar-refractivity contribution in [3.8, 4) is 0 Å². The monoisotopic (exact) mass is 305 g/mol. The van der Waals surface area contributed by atoms with E-state index < -0.39 is 11.9 Å². The van der Waals surface area contributed by atoms with E-state index >= 15 is 0 Å². The molecule has 0 fully saturated rings. The highest BCUT2D eigenvalue weighted by Crippen LogP contribution is 2.13. The number of primary amides is 1. The lowest BCUT2D eigenvalue weighted by molar-refractivity contribution is -0.118. The first-order valence-corrected chi connectivity index (χ1v) is 6.58. The number of amides is 3. The molecule has 0 spiro atoms. The third kappa shape index (κ3) is 4.30. The van der Waals surface area contributed by atoms with Gasteiger partial charge in [-0.1, -0.05) is 12.1 Å². The van der Waals surface area contributed by atoms with E-state index in [0.29, 0.717) is 5.69 Å². The van der Waals surface area contributed by atoms with Gasteiger partial charge in [0, 0.05) is 6.20 Å². The average molecular weight is 305 g/mol. The molecule has 0 bridgehead atoms. The van der Waals surface area contributed by atoms with E-state index in [4.69, 9.17) is 5.73 Å². The van der Waals surface area contributed by atoms with Crippen molar-refractivity contribution in [2.45, 2.75) is 19.5 Å². The average Bonchev–Trinajstić information content (AvgIpc) is 2.85. The van der Waals surface area contributed by atoms with Crippen molar-refractivity contribution in [3.63, 3.8) is 0 Å². The summed E-state index contributed by atoms with van der Waals surface area (Å²) in [5.41, 5.74) is 6.26. The summed E-state index contributed by atoms with van der Waals surface area (Å²) >= 11 is 0. The van der Waals surface area contributed by atoms with Crippen LogP contribution in [0.3, 0.4) is 0 Å². The Morgan fingerprint density at radius 2 is 2.05 bits per heavy atom. The van der Waals surface area contributed by atoms with Gasteiger partial charge >= 0.3 is 6.03 Å². The standard InChI is InChI=1S/C14H16FN5O2/c1-9(10-2-4-11(15)5-3-10)18-14(22)19-12-6-17-20(7-12)8-13(16)21/h2-7,9H,8H2,1H3,(H2,16,21)(H2,18,19,22). The number of halogens is 1. The maximum atomic E-state index is 12.9. The topological polar surface area (TPSA) is 102 Å². The van der Waals surface area contributed by atoms with E-state index in [0.717, 1.165) is 5.56 Å². The van der Waals surface area contributed by atoms with Crippen LogP contribution in [0.15, 0.2) is 36.7 Å². The highest BCUT2D eigenvalue weighted by Gasteiger charge is 2.10. The highest BCUT2D eigenvalue weighted by atomic mass is 19.1. The zero-order valence-electron chi connectivity index (χ0n) is 11.9. The number of nitrogens with zero attached hydrogens (tertiary/aromatic N) is 2. The molecule has 4 N–H and O–H groups in total. The van der Waals surface area contributed by atoms with Gasteiger partial charge in [0.15, 0.2) is 0 Å². The van der Waals surface area contributed by atoms with Crippen molar-refractivity contribution < 1.29 is 14.0 Å². The van der Waals surface area contributed by atoms with E-state index in [9.17, 15) is 14.0 Å². The fourth-order valence-corrected chi connectivity index (χ4v) is 1.87. The van der Waals surface area contributed by atoms with Gasteiger partial charge in [-0.25, -0.2) is 9.18 Å². The van der Waals surface area contributed by atoms with Crippen LogP contribution in [0.25, 0.3) is 0 Å². The van der Waals surface area contributed by atoms with Crippen molar-refractivity contribution in [3.05, 3.63) is 48.0 Å². The molecule has 3 amide bonds. The zero-order valence-corrected chi connectivity index (χ0v) is 11.9. The molecule has 0 aliphatic carbocycles. The van der Waals surface area contributed by atoms with Crippen LogP contribution in [0.2, 0.25) is 0 Å². The summed E-state index contributed by atoms with van der Waals surface area (Å²) in [5, 5.41) is 9.19. The molecule has 1 unspecified atom stereocenters. The van der Waals surface area contributed by atoms with Crippen LogP contribution in [-0.4, -0.2) is 21.7 Å². The van der Waals surface area contributed by atoms with Crippen molar-refractivity contribution in [1.82, 2.24) is 15.1 Å². The first-order valence-electron chi connectivity index (χ1n) is 6.58. The Kier molecular flexibility index (Phi) is 4.72. The summed E-state index contributed by atoms with van der Waals surface area (Å²) in [7, 11) is 0. The van der Waals surface area contributed by atoms with E-state index in [1.165, 1.54) is 29.2 Å². The second-order valence-corrected chi connectivity index (χ2v) is 4.76. The van der Waals surface area contributed by atoms with Gasteiger partial charge in [-0.3, -0.25) is 9.48 Å². The molecule has 7 nitrogen and oxygen atoms in total. The normalized spacial score (nSPS) is 11.7. The lowest BCUT2D eigenvalue weighted by Crippen LogP contribution is -2.31. The van der Waals surface area contributed by atoms with Gasteiger partial charge in [-0.2, -0.15) is 5.10 Å². The molecule has 116 valence electrons. The quantitative estimate of drug-likeness (QED) is 0.778. The van der Waals surface area contributed by atoms with Gasteiger partial charge in [0.05, 0.1) is 17.9 Å². The molecular formula is C14H16FN5O2. The van der Waals surface area contributed by atoms with Gasteiger partial charge in [0.25, 0.3) is 0 Å². The van der Waals surface area contributed by atoms with Crippen LogP contribution in [0.4, 0.5) is 14.9 Å². The summed E-state index contributed by atoms with van der Waals surface area (Å²) in [6, 6.07) is 5.14. The molecule has 0 radical (unpaired) electrons. The van der Waals surface area contributed by atoms with Gasteiger partial charge in [-0.05, 0) is 24.6 Å². The number of nitrogens with two attached hydrogens (primary N) is 1. The van der Waals surface area contributed by atoms with E-state index in [1.54, 1.807) is 19.1 Å². The van der Waals surface area contributed by atoms with E-state index in [1.807, 2.05) is 0 Å². The number of aromatic nitrogens is 2. The second-order valence-electron chi connectivity index (χ2n) is 4.76. The molecule has 8 heteroatoms. The molecule has 2 rings (SSSR count). The Balaban J connectivity index is 1.90. The molecule has 1 aromatic carbocycles. The fourth-order valence-electron chi connectivity index (χ4n) is 1.87. The number of hydrogen-bond acceptors (Lipinski definition) is 3. The first-order chi connectivity index (χ1) is 10.4. The minimum atomic E-state index is -0.524. The number of urea groups is 1. The van der Waals surface area contributed by atoms with E-state index in [-0.39, 0.29) is 18.4 Å². The van der Waals surface area contributed by atoms with Crippen LogP contribution >= 0.6 is 0 Å². The van der Waals surface area contributed by atoms with Crippen molar-refractivity contribution in [2.24, 2.45) is 5.73 Å². The molecule has 1 heterocycles. The lowest BCUT2D eigenvalue weighted by Gasteiger charge is -2.14. The summed E-state index contributed by atoms with van der Waals surface area (Å²) in [6.45, 7) is 1.72. The SMILES string of the molecule is CC(NC(=O)Nc1cnn(CC(N)=O)c1)c1ccc(F)cc1. The van der Waals surface area contributed by atoms with Crippen molar-refractivity contribution in [1.29, 1.82) is 0 Å². The van der Waals surface area contributed by atoms with Crippen LogP contribution in [-0.2, 0) is 11.3 Å². The van der Waals surface area contributed by atoms with Gasteiger partial charge in [-0.15, -0.1) is 0 Å². The largest absolute Gasteiger partial charge is 0.368 e. The fraction of sp³-hybridized carbons (Fsp3) is 0.214. The van der Waals surface area contributed by atoms with Gasteiger partial charge in [0.1, 0.15) is 12.4 Å². The van der Waals surface area contributed by atoms with Gasteiger partial charge in [0.2, 0.25) is 5.91 Å². The predicted molar refractivity (Wildman–Crippen MR) is 78.4 cm³/mol. The summed E-state index contributed by atoms with van der Waals surface area (Å²) in [4.78, 5) is 22.6. The Hall–Kier alpha value is -2.90. The number of anilines is 1. The molecular weight excluding hydrogens is 289 g/mol. The Morgan fingerprint density at radius 1 is 1.36 bits per heavy atom. The van der Waals surface area contributed by atoms with Gasteiger partial charge < -0.3 is 16.4 Å². The van der Waals surface area contributed by atoms with Crippen LogP contribution in [0.5, 0.6) is 0 Å². The highest BCUT2D eigenvalue weighted by molar-refractivity contribution is 5.89. The minimum absolute atomic E-state index is 0.0602. The van der Waals surface area contributed by atoms with Crippen molar-refractivity contribution >= 4 is 17.6 Å². The smallest absolute Gasteiger partial charge is 0.319 e. The third-order valence-corrected chi connectivity index (χ3v) is 2.93. The predicted octanol–water partition coefficient (Wildman–Crippen LogP) is 1.39. The molecule has 22 heavy (non-hydrogen) atoms. The third-order valence-electron chi connectivity index (χ3n) is 2.93. The lowest BCUT2D eigenvalue weighted by atomic mass is 10.1. The second kappa shape index (κ2) is 6.70. The Labute approximate surface area is 126 Å². The van der Waals surface area contributed by atoms with Crippen LogP contribution < -0.4 is 16.4 Å². The summed E-state index contributed by atoms with van der Waals surface area (Å²) in [5.74, 6) is -0.855. The molecule has 1 atom stereocenters. The van der Waals surface area contributed by atoms with Crippen LogP contribution in [0, 0.1) is 5.82 Å². The molecule has 0 saturated carbocycles. The summed E-state index contributed by atoms with van der Waals surface area (Å²) < 4.78 is 14.2. The molecule has 0 saturated heterocycles. The zero-order chi connectivity index (χ0) is 16.1. The molecule has 0 aliphatic heterocycles. The number of hydrogen-bond donors (Lipinski definition) is 3. The Morgan fingerprint density at radius 3 is 2.68 bits per heavy atom. The molecule has 1 aromatic heterocycles. The first kappa shape index (κ1) is 15.5. The number of carbonyl (C=O) groups is 2. The molecule has 2 aromatic rings. The maximum Gasteiger partial charge on any atom is 0.319 e. The molecule has 0 aliphatic rings. The Bertz CT molecular complexity index is 668. The van der Waals surface area contributed by atoms with Crippen molar-refractivity contribution in [2.75, 3.05) is 5.32 Å².